The summed E-state index contributed by atoms with van der Waals surface area (Å²) in [6, 6.07) is 89.0. The molecule has 0 N–H and O–H groups in total. The molecule has 0 fully saturated rings. The molecule has 302 valence electrons. The van der Waals surface area contributed by atoms with Crippen molar-refractivity contribution in [3.05, 3.63) is 249 Å². The first-order valence-electron chi connectivity index (χ1n) is 21.7. The van der Waals surface area contributed by atoms with Gasteiger partial charge in [-0.15, -0.1) is 0 Å². The van der Waals surface area contributed by atoms with Gasteiger partial charge in [0, 0.05) is 62.0 Å². The lowest BCUT2D eigenvalue weighted by Gasteiger charge is -2.30. The smallest absolute Gasteiger partial charge is 0.136 e. The van der Waals surface area contributed by atoms with E-state index in [1.54, 1.807) is 0 Å². The van der Waals surface area contributed by atoms with Crippen LogP contribution in [0.2, 0.25) is 0 Å². The molecule has 1 aromatic heterocycles. The van der Waals surface area contributed by atoms with Gasteiger partial charge in [0.15, 0.2) is 0 Å². The number of benzene rings is 11. The molecule has 0 amide bonds. The number of furan rings is 1. The van der Waals surface area contributed by atoms with Gasteiger partial charge in [0.25, 0.3) is 0 Å². The van der Waals surface area contributed by atoms with E-state index in [1.165, 1.54) is 26.9 Å². The second-order valence-corrected chi connectivity index (χ2v) is 16.2. The largest absolute Gasteiger partial charge is 0.456 e. The molecular formula is C60H41N3O. The van der Waals surface area contributed by atoms with E-state index in [2.05, 4.69) is 251 Å². The first-order valence-corrected chi connectivity index (χ1v) is 21.7. The van der Waals surface area contributed by atoms with E-state index in [-0.39, 0.29) is 0 Å². The SMILES string of the molecule is c1ccc(N(c2ccccc2)c2cccc(N(c3ccc(N(c4ccccc4)c4ccc5ccccc5c4)cc3)c3ccc4ccc5cc6oc7ccccc7c6cc5c4c3)c2)cc1. The van der Waals surface area contributed by atoms with Gasteiger partial charge in [0.05, 0.1) is 0 Å². The van der Waals surface area contributed by atoms with Gasteiger partial charge in [-0.05, 0) is 154 Å². The highest BCUT2D eigenvalue weighted by molar-refractivity contribution is 6.17. The number of hydrogen-bond acceptors (Lipinski definition) is 4. The number of rotatable bonds is 9. The van der Waals surface area contributed by atoms with Crippen LogP contribution >= 0.6 is 0 Å². The Morgan fingerprint density at radius 1 is 0.203 bits per heavy atom. The van der Waals surface area contributed by atoms with Crippen LogP contribution in [-0.4, -0.2) is 0 Å². The lowest BCUT2D eigenvalue weighted by atomic mass is 9.99. The number of fused-ring (bicyclic) bond motifs is 7. The summed E-state index contributed by atoms with van der Waals surface area (Å²) in [5, 5.41) is 9.37. The van der Waals surface area contributed by atoms with Crippen LogP contribution in [0.5, 0.6) is 0 Å². The Morgan fingerprint density at radius 3 is 1.27 bits per heavy atom. The van der Waals surface area contributed by atoms with Gasteiger partial charge in [0.2, 0.25) is 0 Å². The van der Waals surface area contributed by atoms with E-state index in [0.29, 0.717) is 0 Å². The lowest BCUT2D eigenvalue weighted by molar-refractivity contribution is 0.669. The zero-order valence-corrected chi connectivity index (χ0v) is 34.9. The van der Waals surface area contributed by atoms with Crippen LogP contribution < -0.4 is 14.7 Å². The third kappa shape index (κ3) is 6.66. The number of hydrogen-bond donors (Lipinski definition) is 0. The number of nitrogens with zero attached hydrogens (tertiary/aromatic N) is 3. The number of para-hydroxylation sites is 4. The Kier molecular flexibility index (Phi) is 9.12. The van der Waals surface area contributed by atoms with Crippen molar-refractivity contribution in [1.82, 2.24) is 0 Å². The highest BCUT2D eigenvalue weighted by Crippen LogP contribution is 2.44. The Bertz CT molecular complexity index is 3580. The highest BCUT2D eigenvalue weighted by Gasteiger charge is 2.20. The topological polar surface area (TPSA) is 22.9 Å². The zero-order valence-electron chi connectivity index (χ0n) is 34.9. The molecule has 0 atom stereocenters. The van der Waals surface area contributed by atoms with Crippen molar-refractivity contribution in [1.29, 1.82) is 0 Å². The van der Waals surface area contributed by atoms with Crippen molar-refractivity contribution < 1.29 is 4.42 Å². The number of anilines is 9. The maximum atomic E-state index is 6.33. The van der Waals surface area contributed by atoms with Gasteiger partial charge in [-0.25, -0.2) is 0 Å². The van der Waals surface area contributed by atoms with Crippen molar-refractivity contribution in [2.24, 2.45) is 0 Å². The summed E-state index contributed by atoms with van der Waals surface area (Å²) in [6.45, 7) is 0. The average Bonchev–Trinajstić information content (AvgIpc) is 3.72. The fraction of sp³-hybridized carbons (Fsp3) is 0. The van der Waals surface area contributed by atoms with Gasteiger partial charge in [-0.1, -0.05) is 127 Å². The molecule has 0 aliphatic rings. The van der Waals surface area contributed by atoms with Crippen LogP contribution in [-0.2, 0) is 0 Å². The Morgan fingerprint density at radius 2 is 0.625 bits per heavy atom. The highest BCUT2D eigenvalue weighted by atomic mass is 16.3. The predicted octanol–water partition coefficient (Wildman–Crippen LogP) is 17.5. The molecule has 0 radical (unpaired) electrons. The first kappa shape index (κ1) is 37.2. The minimum absolute atomic E-state index is 0.900. The molecule has 0 spiro atoms. The summed E-state index contributed by atoms with van der Waals surface area (Å²) >= 11 is 0. The summed E-state index contributed by atoms with van der Waals surface area (Å²) in [4.78, 5) is 7.04. The van der Waals surface area contributed by atoms with Crippen LogP contribution in [0.3, 0.4) is 0 Å². The molecule has 11 aromatic carbocycles. The molecule has 12 aromatic rings. The van der Waals surface area contributed by atoms with Crippen LogP contribution in [0.1, 0.15) is 0 Å². The van der Waals surface area contributed by atoms with Gasteiger partial charge in [-0.2, -0.15) is 0 Å². The molecule has 4 nitrogen and oxygen atoms in total. The van der Waals surface area contributed by atoms with E-state index >= 15 is 0 Å². The molecule has 0 saturated heterocycles. The minimum Gasteiger partial charge on any atom is -0.456 e. The summed E-state index contributed by atoms with van der Waals surface area (Å²) in [5.74, 6) is 0. The Labute approximate surface area is 371 Å². The van der Waals surface area contributed by atoms with Crippen molar-refractivity contribution in [2.75, 3.05) is 14.7 Å². The van der Waals surface area contributed by atoms with Gasteiger partial charge in [0.1, 0.15) is 11.2 Å². The molecule has 12 rings (SSSR count). The second kappa shape index (κ2) is 15.7. The third-order valence-corrected chi connectivity index (χ3v) is 12.3. The maximum absolute atomic E-state index is 6.33. The molecule has 1 heterocycles. The molecule has 0 bridgehead atoms. The summed E-state index contributed by atoms with van der Waals surface area (Å²) in [6.07, 6.45) is 0. The predicted molar refractivity (Wildman–Crippen MR) is 270 cm³/mol. The average molecular weight is 820 g/mol. The fourth-order valence-corrected chi connectivity index (χ4v) is 9.31. The van der Waals surface area contributed by atoms with Gasteiger partial charge in [-0.3, -0.25) is 0 Å². The van der Waals surface area contributed by atoms with E-state index in [9.17, 15) is 0 Å². The second-order valence-electron chi connectivity index (χ2n) is 16.2. The summed E-state index contributed by atoms with van der Waals surface area (Å²) in [7, 11) is 0. The third-order valence-electron chi connectivity index (χ3n) is 12.3. The van der Waals surface area contributed by atoms with Crippen molar-refractivity contribution in [3.8, 4) is 0 Å². The standard InChI is InChI=1S/C60H41N3O/c1-4-17-46(18-5-1)61(47-19-6-2-7-20-47)51-23-14-24-52(39-51)63(54-32-30-43-27-28-45-38-60-58(41-57(45)56(43)40-54)55-25-12-13-26-59(55)64-60)50-35-33-49(34-36-50)62(48-21-8-3-9-22-48)53-31-29-42-15-10-11-16-44(42)37-53/h1-41H. The van der Waals surface area contributed by atoms with Crippen LogP contribution in [0.25, 0.3) is 54.3 Å². The monoisotopic (exact) mass is 819 g/mol. The molecule has 0 aliphatic carbocycles. The molecule has 0 unspecified atom stereocenters. The maximum Gasteiger partial charge on any atom is 0.136 e. The minimum atomic E-state index is 0.900. The Hall–Kier alpha value is -8.60. The molecule has 64 heavy (non-hydrogen) atoms. The summed E-state index contributed by atoms with van der Waals surface area (Å²) in [5.41, 5.74) is 11.4. The first-order chi connectivity index (χ1) is 31.7. The quantitative estimate of drug-likeness (QED) is 0.135. The Balaban J connectivity index is 1.04. The van der Waals surface area contributed by atoms with E-state index in [1.807, 2.05) is 12.1 Å². The molecule has 0 aliphatic heterocycles. The van der Waals surface area contributed by atoms with E-state index in [4.69, 9.17) is 4.42 Å². The van der Waals surface area contributed by atoms with E-state index < -0.39 is 0 Å². The van der Waals surface area contributed by atoms with E-state index in [0.717, 1.165) is 78.5 Å². The molecule has 0 saturated carbocycles. The van der Waals surface area contributed by atoms with Crippen molar-refractivity contribution >= 4 is 105 Å². The van der Waals surface area contributed by atoms with Crippen molar-refractivity contribution in [3.63, 3.8) is 0 Å². The lowest BCUT2D eigenvalue weighted by Crippen LogP contribution is -2.14. The normalized spacial score (nSPS) is 11.4. The van der Waals surface area contributed by atoms with Crippen LogP contribution in [0.4, 0.5) is 51.2 Å². The fourth-order valence-electron chi connectivity index (χ4n) is 9.31. The molecule has 4 heteroatoms. The zero-order chi connectivity index (χ0) is 42.4. The van der Waals surface area contributed by atoms with Crippen molar-refractivity contribution in [2.45, 2.75) is 0 Å². The van der Waals surface area contributed by atoms with Gasteiger partial charge < -0.3 is 19.1 Å². The van der Waals surface area contributed by atoms with Gasteiger partial charge >= 0.3 is 0 Å². The molecular weight excluding hydrogens is 779 g/mol. The summed E-state index contributed by atoms with van der Waals surface area (Å²) < 4.78 is 6.33. The van der Waals surface area contributed by atoms with Crippen LogP contribution in [0.15, 0.2) is 253 Å². The van der Waals surface area contributed by atoms with Crippen LogP contribution in [0, 0.1) is 0 Å².